The van der Waals surface area contributed by atoms with Crippen molar-refractivity contribution in [3.8, 4) is 0 Å². The number of hydrogen-bond acceptors (Lipinski definition) is 5. The third-order valence-corrected chi connectivity index (χ3v) is 4.88. The first-order chi connectivity index (χ1) is 13.1. The Bertz CT molecular complexity index is 598. The van der Waals surface area contributed by atoms with E-state index in [1.54, 1.807) is 6.92 Å². The number of nitrogens with one attached hydrogen (secondary N) is 2. The van der Waals surface area contributed by atoms with Crippen molar-refractivity contribution in [2.75, 3.05) is 45.8 Å². The van der Waals surface area contributed by atoms with Crippen LogP contribution in [0.2, 0.25) is 0 Å². The molecule has 8 heteroatoms. The minimum Gasteiger partial charge on any atom is -0.361 e. The lowest BCUT2D eigenvalue weighted by atomic mass is 10.1. The van der Waals surface area contributed by atoms with E-state index in [1.807, 2.05) is 4.90 Å². The predicted molar refractivity (Wildman–Crippen MR) is 107 cm³/mol. The topological polar surface area (TPSA) is 86.0 Å². The van der Waals surface area contributed by atoms with Gasteiger partial charge in [-0.15, -0.1) is 0 Å². The summed E-state index contributed by atoms with van der Waals surface area (Å²) >= 11 is 0. The van der Waals surface area contributed by atoms with Crippen LogP contribution in [0.4, 0.5) is 0 Å². The number of amides is 1. The van der Waals surface area contributed by atoms with E-state index < -0.39 is 0 Å². The number of aryl methyl sites for hydroxylation is 2. The minimum atomic E-state index is 0.168. The molecule has 2 N–H and O–H groups in total. The Morgan fingerprint density at radius 1 is 1.15 bits per heavy atom. The summed E-state index contributed by atoms with van der Waals surface area (Å²) in [5.74, 6) is 1.90. The van der Waals surface area contributed by atoms with Gasteiger partial charge in [-0.3, -0.25) is 9.69 Å². The molecule has 0 aliphatic carbocycles. The van der Waals surface area contributed by atoms with Gasteiger partial charge in [0.25, 0.3) is 0 Å². The van der Waals surface area contributed by atoms with Crippen LogP contribution in [0.5, 0.6) is 0 Å². The van der Waals surface area contributed by atoms with Crippen LogP contribution in [0.15, 0.2) is 9.52 Å². The quantitative estimate of drug-likeness (QED) is 0.519. The van der Waals surface area contributed by atoms with Crippen LogP contribution in [0, 0.1) is 0 Å². The highest BCUT2D eigenvalue weighted by Gasteiger charge is 2.18. The van der Waals surface area contributed by atoms with Crippen molar-refractivity contribution >= 4 is 11.9 Å². The Hall–Kier alpha value is -2.09. The zero-order chi connectivity index (χ0) is 19.6. The maximum absolute atomic E-state index is 11.4. The molecule has 1 aliphatic heterocycles. The Morgan fingerprint density at radius 3 is 2.48 bits per heavy atom. The van der Waals surface area contributed by atoms with Gasteiger partial charge < -0.3 is 20.1 Å². The summed E-state index contributed by atoms with van der Waals surface area (Å²) in [5, 5.41) is 10.9. The van der Waals surface area contributed by atoms with E-state index in [0.29, 0.717) is 6.54 Å². The second-order valence-electron chi connectivity index (χ2n) is 6.71. The van der Waals surface area contributed by atoms with Gasteiger partial charge in [-0.05, 0) is 13.3 Å². The van der Waals surface area contributed by atoms with Crippen molar-refractivity contribution in [1.29, 1.82) is 0 Å². The maximum Gasteiger partial charge on any atom is 0.219 e. The second kappa shape index (κ2) is 10.9. The summed E-state index contributed by atoms with van der Waals surface area (Å²) in [6, 6.07) is 0. The predicted octanol–water partition coefficient (Wildman–Crippen LogP) is 1.02. The molecule has 0 bridgehead atoms. The monoisotopic (exact) mass is 378 g/mol. The molecule has 27 heavy (non-hydrogen) atoms. The molecule has 0 radical (unpaired) electrons. The zero-order valence-corrected chi connectivity index (χ0v) is 17.2. The summed E-state index contributed by atoms with van der Waals surface area (Å²) in [7, 11) is 0. The maximum atomic E-state index is 11.4. The van der Waals surface area contributed by atoms with Crippen LogP contribution in [0.25, 0.3) is 0 Å². The number of guanidine groups is 1. The van der Waals surface area contributed by atoms with Crippen LogP contribution < -0.4 is 10.6 Å². The van der Waals surface area contributed by atoms with E-state index in [-0.39, 0.29) is 5.91 Å². The van der Waals surface area contributed by atoms with Crippen molar-refractivity contribution < 1.29 is 9.32 Å². The lowest BCUT2D eigenvalue weighted by Crippen LogP contribution is -2.50. The Labute approximate surface area is 162 Å². The van der Waals surface area contributed by atoms with Gasteiger partial charge in [0.05, 0.1) is 12.2 Å². The standard InChI is InChI=1S/C19H34N6O2/c1-5-17-16(18(6-2)27-23-17)14-22-19(20-7-3)21-8-9-24-10-12-25(13-11-24)15(4)26/h5-14H2,1-4H3,(H2,20,21,22). The van der Waals surface area contributed by atoms with E-state index in [1.165, 1.54) is 0 Å². The van der Waals surface area contributed by atoms with Crippen molar-refractivity contribution in [2.45, 2.75) is 47.1 Å². The van der Waals surface area contributed by atoms with Gasteiger partial charge in [0, 0.05) is 64.7 Å². The van der Waals surface area contributed by atoms with Gasteiger partial charge in [-0.25, -0.2) is 4.99 Å². The van der Waals surface area contributed by atoms with E-state index >= 15 is 0 Å². The van der Waals surface area contributed by atoms with E-state index in [4.69, 9.17) is 9.52 Å². The van der Waals surface area contributed by atoms with Gasteiger partial charge >= 0.3 is 0 Å². The smallest absolute Gasteiger partial charge is 0.219 e. The van der Waals surface area contributed by atoms with Crippen LogP contribution in [0.1, 0.15) is 44.7 Å². The normalized spacial score (nSPS) is 15.9. The van der Waals surface area contributed by atoms with Crippen LogP contribution in [-0.4, -0.2) is 72.6 Å². The van der Waals surface area contributed by atoms with Gasteiger partial charge in [-0.1, -0.05) is 19.0 Å². The average Bonchev–Trinajstić information content (AvgIpc) is 3.08. The molecule has 2 rings (SSSR count). The molecule has 0 unspecified atom stereocenters. The third kappa shape index (κ3) is 6.23. The fourth-order valence-corrected chi connectivity index (χ4v) is 3.24. The van der Waals surface area contributed by atoms with E-state index in [2.05, 4.69) is 41.5 Å². The summed E-state index contributed by atoms with van der Waals surface area (Å²) in [6.45, 7) is 14.5. The Balaban J connectivity index is 1.84. The highest BCUT2D eigenvalue weighted by molar-refractivity contribution is 5.79. The average molecular weight is 379 g/mol. The molecule has 8 nitrogen and oxygen atoms in total. The molecular formula is C19H34N6O2. The van der Waals surface area contributed by atoms with Crippen LogP contribution in [-0.2, 0) is 24.2 Å². The summed E-state index contributed by atoms with van der Waals surface area (Å²) in [6.07, 6.45) is 1.68. The molecule has 0 spiro atoms. The van der Waals surface area contributed by atoms with E-state index in [0.717, 1.165) is 81.6 Å². The van der Waals surface area contributed by atoms with Crippen molar-refractivity contribution in [1.82, 2.24) is 25.6 Å². The largest absolute Gasteiger partial charge is 0.361 e. The van der Waals surface area contributed by atoms with Crippen molar-refractivity contribution in [2.24, 2.45) is 4.99 Å². The van der Waals surface area contributed by atoms with Crippen LogP contribution >= 0.6 is 0 Å². The molecule has 1 aliphatic rings. The van der Waals surface area contributed by atoms with E-state index in [9.17, 15) is 4.79 Å². The van der Waals surface area contributed by atoms with Crippen molar-refractivity contribution in [3.05, 3.63) is 17.0 Å². The summed E-state index contributed by atoms with van der Waals surface area (Å²) < 4.78 is 5.42. The molecule has 2 heterocycles. The van der Waals surface area contributed by atoms with Gasteiger partial charge in [0.15, 0.2) is 5.96 Å². The minimum absolute atomic E-state index is 0.168. The molecule has 152 valence electrons. The molecule has 1 aromatic heterocycles. The SMILES string of the molecule is CCNC(=NCc1c(CC)noc1CC)NCCN1CCN(C(C)=O)CC1. The molecule has 1 saturated heterocycles. The molecule has 1 fully saturated rings. The molecular weight excluding hydrogens is 344 g/mol. The number of nitrogens with zero attached hydrogens (tertiary/aromatic N) is 4. The van der Waals surface area contributed by atoms with Gasteiger partial charge in [0.2, 0.25) is 5.91 Å². The van der Waals surface area contributed by atoms with Crippen LogP contribution in [0.3, 0.4) is 0 Å². The first-order valence-electron chi connectivity index (χ1n) is 10.0. The first kappa shape index (κ1) is 21.2. The van der Waals surface area contributed by atoms with Crippen molar-refractivity contribution in [3.63, 3.8) is 0 Å². The Kier molecular flexibility index (Phi) is 8.57. The summed E-state index contributed by atoms with van der Waals surface area (Å²) in [4.78, 5) is 20.4. The number of carbonyl (C=O) groups is 1. The molecule has 0 saturated carbocycles. The fourth-order valence-electron chi connectivity index (χ4n) is 3.24. The molecule has 0 aromatic carbocycles. The summed E-state index contributed by atoms with van der Waals surface area (Å²) in [5.41, 5.74) is 2.10. The zero-order valence-electron chi connectivity index (χ0n) is 17.2. The molecule has 1 aromatic rings. The number of aliphatic imine (C=N–C) groups is 1. The third-order valence-electron chi connectivity index (χ3n) is 4.88. The number of rotatable bonds is 8. The highest BCUT2D eigenvalue weighted by atomic mass is 16.5. The number of hydrogen-bond donors (Lipinski definition) is 2. The first-order valence-corrected chi connectivity index (χ1v) is 10.0. The number of carbonyl (C=O) groups excluding carboxylic acids is 1. The lowest BCUT2D eigenvalue weighted by molar-refractivity contribution is -0.130. The van der Waals surface area contributed by atoms with Gasteiger partial charge in [0.1, 0.15) is 5.76 Å². The number of aromatic nitrogens is 1. The Morgan fingerprint density at radius 2 is 1.89 bits per heavy atom. The molecule has 1 amide bonds. The molecule has 0 atom stereocenters. The second-order valence-corrected chi connectivity index (χ2v) is 6.71. The number of piperazine rings is 1. The highest BCUT2D eigenvalue weighted by Crippen LogP contribution is 2.16. The fraction of sp³-hybridized carbons (Fsp3) is 0.737. The lowest BCUT2D eigenvalue weighted by Gasteiger charge is -2.34. The van der Waals surface area contributed by atoms with Gasteiger partial charge in [-0.2, -0.15) is 0 Å².